The van der Waals surface area contributed by atoms with Crippen molar-refractivity contribution in [2.75, 3.05) is 12.4 Å². The van der Waals surface area contributed by atoms with Crippen molar-refractivity contribution in [2.24, 2.45) is 0 Å². The Hall–Kier alpha value is -1.82. The molecule has 0 fully saturated rings. The first kappa shape index (κ1) is 12.6. The topological polar surface area (TPSA) is 67.0 Å². The van der Waals surface area contributed by atoms with Crippen molar-refractivity contribution in [3.8, 4) is 5.75 Å². The van der Waals surface area contributed by atoms with Crippen LogP contribution >= 0.6 is 11.3 Å². The van der Waals surface area contributed by atoms with Gasteiger partial charge in [0.2, 0.25) is 0 Å². The molecule has 0 saturated heterocycles. The van der Waals surface area contributed by atoms with E-state index in [4.69, 9.17) is 4.74 Å². The highest BCUT2D eigenvalue weighted by Crippen LogP contribution is 2.25. The van der Waals surface area contributed by atoms with Crippen molar-refractivity contribution in [3.63, 3.8) is 0 Å². The highest BCUT2D eigenvalue weighted by atomic mass is 32.1. The molecule has 0 aliphatic heterocycles. The van der Waals surface area contributed by atoms with E-state index in [2.05, 4.69) is 22.4 Å². The number of rotatable bonds is 5. The molecule has 0 unspecified atom stereocenters. The lowest BCUT2D eigenvalue weighted by Crippen LogP contribution is -2.11. The standard InChI is InChI=1S/C12H15N3O2S/c1-3-4-8-7-10(15-14-8)13-12(16)11-9(17-2)5-6-18-11/h5-7H,3-4H2,1-2H3,(H2,13,14,15,16). The summed E-state index contributed by atoms with van der Waals surface area (Å²) in [6.45, 7) is 2.09. The number of hydrogen-bond acceptors (Lipinski definition) is 4. The van der Waals surface area contributed by atoms with Crippen molar-refractivity contribution >= 4 is 23.1 Å². The quantitative estimate of drug-likeness (QED) is 0.873. The third kappa shape index (κ3) is 2.70. The Bertz CT molecular complexity index is 533. The van der Waals surface area contributed by atoms with Crippen LogP contribution in [0.1, 0.15) is 28.7 Å². The molecule has 1 amide bonds. The van der Waals surface area contributed by atoms with E-state index in [-0.39, 0.29) is 5.91 Å². The number of aromatic nitrogens is 2. The first-order chi connectivity index (χ1) is 8.74. The van der Waals surface area contributed by atoms with Crippen LogP contribution in [0.15, 0.2) is 17.5 Å². The smallest absolute Gasteiger partial charge is 0.270 e. The summed E-state index contributed by atoms with van der Waals surface area (Å²) in [7, 11) is 1.55. The van der Waals surface area contributed by atoms with E-state index in [1.807, 2.05) is 11.4 Å². The molecule has 2 heterocycles. The fourth-order valence-electron chi connectivity index (χ4n) is 1.62. The van der Waals surface area contributed by atoms with Gasteiger partial charge in [-0.2, -0.15) is 5.10 Å². The molecule has 2 N–H and O–H groups in total. The van der Waals surface area contributed by atoms with Crippen molar-refractivity contribution in [3.05, 3.63) is 28.1 Å². The summed E-state index contributed by atoms with van der Waals surface area (Å²) in [4.78, 5) is 12.5. The zero-order valence-electron chi connectivity index (χ0n) is 10.3. The predicted octanol–water partition coefficient (Wildman–Crippen LogP) is 2.68. The minimum Gasteiger partial charge on any atom is -0.495 e. The molecule has 2 rings (SSSR count). The first-order valence-electron chi connectivity index (χ1n) is 5.71. The van der Waals surface area contributed by atoms with Crippen LogP contribution in [0, 0.1) is 0 Å². The van der Waals surface area contributed by atoms with Crippen molar-refractivity contribution < 1.29 is 9.53 Å². The summed E-state index contributed by atoms with van der Waals surface area (Å²) in [5, 5.41) is 11.5. The fourth-order valence-corrected chi connectivity index (χ4v) is 2.37. The highest BCUT2D eigenvalue weighted by Gasteiger charge is 2.15. The second-order valence-electron chi connectivity index (χ2n) is 3.80. The maximum Gasteiger partial charge on any atom is 0.270 e. The van der Waals surface area contributed by atoms with E-state index in [0.717, 1.165) is 18.5 Å². The number of aromatic amines is 1. The van der Waals surface area contributed by atoms with Gasteiger partial charge in [-0.1, -0.05) is 13.3 Å². The summed E-state index contributed by atoms with van der Waals surface area (Å²) in [6, 6.07) is 3.62. The highest BCUT2D eigenvalue weighted by molar-refractivity contribution is 7.12. The Morgan fingerprint density at radius 3 is 3.17 bits per heavy atom. The van der Waals surface area contributed by atoms with Gasteiger partial charge in [-0.15, -0.1) is 11.3 Å². The van der Waals surface area contributed by atoms with Crippen molar-refractivity contribution in [2.45, 2.75) is 19.8 Å². The van der Waals surface area contributed by atoms with E-state index in [0.29, 0.717) is 16.4 Å². The molecule has 96 valence electrons. The number of methoxy groups -OCH3 is 1. The molecule has 0 spiro atoms. The minimum atomic E-state index is -0.198. The van der Waals surface area contributed by atoms with Crippen LogP contribution in [-0.4, -0.2) is 23.2 Å². The summed E-state index contributed by atoms with van der Waals surface area (Å²) in [5.41, 5.74) is 1.02. The summed E-state index contributed by atoms with van der Waals surface area (Å²) < 4.78 is 5.11. The second-order valence-corrected chi connectivity index (χ2v) is 4.72. The fraction of sp³-hybridized carbons (Fsp3) is 0.333. The third-order valence-corrected chi connectivity index (χ3v) is 3.34. The zero-order valence-corrected chi connectivity index (χ0v) is 11.1. The number of H-pyrrole nitrogens is 1. The number of nitrogens with zero attached hydrogens (tertiary/aromatic N) is 1. The number of nitrogens with one attached hydrogen (secondary N) is 2. The van der Waals surface area contributed by atoms with Gasteiger partial charge >= 0.3 is 0 Å². The molecule has 0 radical (unpaired) electrons. The molecular weight excluding hydrogens is 250 g/mol. The summed E-state index contributed by atoms with van der Waals surface area (Å²) >= 11 is 1.34. The molecule has 0 aliphatic carbocycles. The number of anilines is 1. The van der Waals surface area contributed by atoms with Crippen LogP contribution < -0.4 is 10.1 Å². The lowest BCUT2D eigenvalue weighted by molar-refractivity contribution is 0.102. The maximum atomic E-state index is 12.0. The van der Waals surface area contributed by atoms with E-state index < -0.39 is 0 Å². The first-order valence-corrected chi connectivity index (χ1v) is 6.59. The number of carbonyl (C=O) groups is 1. The van der Waals surface area contributed by atoms with E-state index >= 15 is 0 Å². The average molecular weight is 265 g/mol. The second kappa shape index (κ2) is 5.68. The molecule has 0 aromatic carbocycles. The van der Waals surface area contributed by atoms with E-state index in [1.54, 1.807) is 13.2 Å². The van der Waals surface area contributed by atoms with Crippen LogP contribution in [0.4, 0.5) is 5.82 Å². The van der Waals surface area contributed by atoms with Crippen molar-refractivity contribution in [1.29, 1.82) is 0 Å². The number of aryl methyl sites for hydroxylation is 1. The summed E-state index contributed by atoms with van der Waals surface area (Å²) in [5.74, 6) is 0.928. The Morgan fingerprint density at radius 2 is 2.44 bits per heavy atom. The molecule has 18 heavy (non-hydrogen) atoms. The lowest BCUT2D eigenvalue weighted by Gasteiger charge is -2.01. The molecule has 0 saturated carbocycles. The molecule has 2 aromatic heterocycles. The molecule has 0 aliphatic rings. The van der Waals surface area contributed by atoms with Gasteiger partial charge in [-0.3, -0.25) is 9.89 Å². The Kier molecular flexibility index (Phi) is 3.99. The van der Waals surface area contributed by atoms with Gasteiger partial charge < -0.3 is 10.1 Å². The van der Waals surface area contributed by atoms with Gasteiger partial charge in [0.25, 0.3) is 5.91 Å². The Morgan fingerprint density at radius 1 is 1.61 bits per heavy atom. The number of ether oxygens (including phenoxy) is 1. The molecule has 2 aromatic rings. The van der Waals surface area contributed by atoms with Crippen LogP contribution in [0.2, 0.25) is 0 Å². The largest absolute Gasteiger partial charge is 0.495 e. The van der Waals surface area contributed by atoms with E-state index in [1.165, 1.54) is 11.3 Å². The maximum absolute atomic E-state index is 12.0. The van der Waals surface area contributed by atoms with Crippen LogP contribution in [-0.2, 0) is 6.42 Å². The lowest BCUT2D eigenvalue weighted by atomic mass is 10.2. The molecule has 6 heteroatoms. The Balaban J connectivity index is 2.06. The van der Waals surface area contributed by atoms with Gasteiger partial charge in [0.05, 0.1) is 7.11 Å². The summed E-state index contributed by atoms with van der Waals surface area (Å²) in [6.07, 6.45) is 1.96. The van der Waals surface area contributed by atoms with E-state index in [9.17, 15) is 4.79 Å². The molecule has 5 nitrogen and oxygen atoms in total. The number of thiophene rings is 1. The number of hydrogen-bond donors (Lipinski definition) is 2. The molecular formula is C12H15N3O2S. The van der Waals surface area contributed by atoms with Gasteiger partial charge in [-0.25, -0.2) is 0 Å². The van der Waals surface area contributed by atoms with Gasteiger partial charge in [0, 0.05) is 11.8 Å². The van der Waals surface area contributed by atoms with Gasteiger partial charge in [0.1, 0.15) is 10.6 Å². The minimum absolute atomic E-state index is 0.198. The number of amides is 1. The average Bonchev–Trinajstić information content (AvgIpc) is 2.98. The van der Waals surface area contributed by atoms with Crippen molar-refractivity contribution in [1.82, 2.24) is 10.2 Å². The van der Waals surface area contributed by atoms with Crippen LogP contribution in [0.5, 0.6) is 5.75 Å². The monoisotopic (exact) mass is 265 g/mol. The Labute approximate surface area is 109 Å². The van der Waals surface area contributed by atoms with Crippen LogP contribution in [0.3, 0.4) is 0 Å². The molecule has 0 atom stereocenters. The SMILES string of the molecule is CCCc1cc(NC(=O)c2sccc2OC)n[nH]1. The van der Waals surface area contributed by atoms with Gasteiger partial charge in [-0.05, 0) is 17.9 Å². The third-order valence-electron chi connectivity index (χ3n) is 2.45. The normalized spacial score (nSPS) is 10.3. The predicted molar refractivity (Wildman–Crippen MR) is 71.4 cm³/mol. The zero-order chi connectivity index (χ0) is 13.0. The van der Waals surface area contributed by atoms with Gasteiger partial charge in [0.15, 0.2) is 5.82 Å². The molecule has 0 bridgehead atoms. The number of carbonyl (C=O) groups excluding carboxylic acids is 1. The van der Waals surface area contributed by atoms with Crippen LogP contribution in [0.25, 0.3) is 0 Å².